The maximum Gasteiger partial charge on any atom is 0.195 e. The highest BCUT2D eigenvalue weighted by atomic mass is 32.1. The molecule has 0 saturated carbocycles. The molecule has 3 aromatic carbocycles. The van der Waals surface area contributed by atoms with Crippen LogP contribution in [0, 0.1) is 13.8 Å². The molecular formula is C23H20N2S. The Morgan fingerprint density at radius 2 is 1.38 bits per heavy atom. The van der Waals surface area contributed by atoms with Crippen molar-refractivity contribution in [1.82, 2.24) is 4.57 Å². The third-order valence-electron chi connectivity index (χ3n) is 4.47. The molecule has 4 aromatic rings. The molecule has 0 saturated heterocycles. The summed E-state index contributed by atoms with van der Waals surface area (Å²) in [5.41, 5.74) is 6.94. The Bertz CT molecular complexity index is 1100. The summed E-state index contributed by atoms with van der Waals surface area (Å²) in [7, 11) is 0. The lowest BCUT2D eigenvalue weighted by atomic mass is 10.1. The van der Waals surface area contributed by atoms with Crippen LogP contribution in [0.25, 0.3) is 16.9 Å². The summed E-state index contributed by atoms with van der Waals surface area (Å²) in [5.74, 6) is 0. The second-order valence-corrected chi connectivity index (χ2v) is 7.13. The molecule has 0 aliphatic rings. The van der Waals surface area contributed by atoms with E-state index in [1.807, 2.05) is 18.2 Å². The summed E-state index contributed by atoms with van der Waals surface area (Å²) in [6, 6.07) is 27.2. The number of benzene rings is 3. The van der Waals surface area contributed by atoms with Crippen LogP contribution in [0.5, 0.6) is 0 Å². The van der Waals surface area contributed by atoms with Gasteiger partial charge < -0.3 is 0 Å². The number of hydrogen-bond acceptors (Lipinski definition) is 2. The van der Waals surface area contributed by atoms with E-state index in [1.165, 1.54) is 22.4 Å². The van der Waals surface area contributed by atoms with E-state index in [9.17, 15) is 0 Å². The minimum Gasteiger partial charge on any atom is -0.285 e. The van der Waals surface area contributed by atoms with Crippen molar-refractivity contribution in [3.63, 3.8) is 0 Å². The van der Waals surface area contributed by atoms with Crippen molar-refractivity contribution in [2.45, 2.75) is 13.8 Å². The van der Waals surface area contributed by atoms with Crippen LogP contribution in [0.2, 0.25) is 0 Å². The van der Waals surface area contributed by atoms with Gasteiger partial charge in [-0.25, -0.2) is 4.99 Å². The molecule has 0 fully saturated rings. The predicted octanol–water partition coefficient (Wildman–Crippen LogP) is 6.06. The highest BCUT2D eigenvalue weighted by molar-refractivity contribution is 7.07. The molecule has 0 N–H and O–H groups in total. The Hall–Kier alpha value is -2.91. The molecule has 0 aliphatic carbocycles. The zero-order chi connectivity index (χ0) is 17.9. The average Bonchev–Trinajstić information content (AvgIpc) is 3.08. The van der Waals surface area contributed by atoms with Gasteiger partial charge in [-0.1, -0.05) is 66.7 Å². The third-order valence-corrected chi connectivity index (χ3v) is 5.29. The highest BCUT2D eigenvalue weighted by Gasteiger charge is 2.11. The number of rotatable bonds is 3. The normalized spacial score (nSPS) is 11.7. The summed E-state index contributed by atoms with van der Waals surface area (Å²) in [6.07, 6.45) is 0. The van der Waals surface area contributed by atoms with Gasteiger partial charge in [-0.15, -0.1) is 11.3 Å². The average molecular weight is 356 g/mol. The second-order valence-electron chi connectivity index (χ2n) is 6.29. The predicted molar refractivity (Wildman–Crippen MR) is 110 cm³/mol. The van der Waals surface area contributed by atoms with Crippen LogP contribution in [-0.2, 0) is 0 Å². The molecule has 4 rings (SSSR count). The standard InChI is InChI=1S/C23H20N2S/c1-17-10-6-8-14-20(17)24-23-25(21-15-9-7-11-18(21)2)22(16-26-23)19-12-4-3-5-13-19/h3-16H,1-2H3. The van der Waals surface area contributed by atoms with Crippen molar-refractivity contribution < 1.29 is 0 Å². The summed E-state index contributed by atoms with van der Waals surface area (Å²) in [5, 5.41) is 2.19. The van der Waals surface area contributed by atoms with E-state index in [4.69, 9.17) is 4.99 Å². The lowest BCUT2D eigenvalue weighted by molar-refractivity contribution is 0.998. The summed E-state index contributed by atoms with van der Waals surface area (Å²) >= 11 is 1.67. The second kappa shape index (κ2) is 7.14. The van der Waals surface area contributed by atoms with Gasteiger partial charge in [0.1, 0.15) is 0 Å². The van der Waals surface area contributed by atoms with E-state index in [-0.39, 0.29) is 0 Å². The van der Waals surface area contributed by atoms with E-state index in [0.717, 1.165) is 16.2 Å². The van der Waals surface area contributed by atoms with Crippen LogP contribution < -0.4 is 4.80 Å². The number of nitrogens with zero attached hydrogens (tertiary/aromatic N) is 2. The quantitative estimate of drug-likeness (QED) is 0.425. The van der Waals surface area contributed by atoms with Gasteiger partial charge in [0.25, 0.3) is 0 Å². The van der Waals surface area contributed by atoms with E-state index in [0.29, 0.717) is 0 Å². The molecule has 128 valence electrons. The molecule has 2 nitrogen and oxygen atoms in total. The number of para-hydroxylation sites is 2. The van der Waals surface area contributed by atoms with E-state index >= 15 is 0 Å². The van der Waals surface area contributed by atoms with Crippen molar-refractivity contribution in [3.8, 4) is 16.9 Å². The van der Waals surface area contributed by atoms with Crippen molar-refractivity contribution in [2.75, 3.05) is 0 Å². The summed E-state index contributed by atoms with van der Waals surface area (Å²) in [4.78, 5) is 5.96. The molecule has 0 atom stereocenters. The molecule has 0 bridgehead atoms. The van der Waals surface area contributed by atoms with Crippen LogP contribution in [-0.4, -0.2) is 4.57 Å². The molecule has 0 spiro atoms. The largest absolute Gasteiger partial charge is 0.285 e. The fourth-order valence-electron chi connectivity index (χ4n) is 3.04. The minimum absolute atomic E-state index is 0.979. The number of thiazole rings is 1. The first kappa shape index (κ1) is 16.6. The summed E-state index contributed by atoms with van der Waals surface area (Å²) in [6.45, 7) is 4.25. The molecule has 1 aromatic heterocycles. The van der Waals surface area contributed by atoms with Gasteiger partial charge in [-0.2, -0.15) is 0 Å². The zero-order valence-electron chi connectivity index (χ0n) is 14.9. The molecule has 26 heavy (non-hydrogen) atoms. The van der Waals surface area contributed by atoms with E-state index < -0.39 is 0 Å². The Kier molecular flexibility index (Phi) is 4.55. The van der Waals surface area contributed by atoms with Crippen LogP contribution in [0.3, 0.4) is 0 Å². The Labute approximate surface area is 157 Å². The van der Waals surface area contributed by atoms with Gasteiger partial charge in [0.2, 0.25) is 0 Å². The first-order chi connectivity index (χ1) is 12.7. The van der Waals surface area contributed by atoms with Gasteiger partial charge >= 0.3 is 0 Å². The Balaban J connectivity index is 2.01. The monoisotopic (exact) mass is 356 g/mol. The van der Waals surface area contributed by atoms with Crippen LogP contribution in [0.4, 0.5) is 5.69 Å². The van der Waals surface area contributed by atoms with E-state index in [2.05, 4.69) is 84.5 Å². The number of aromatic nitrogens is 1. The molecule has 1 heterocycles. The molecule has 0 aliphatic heterocycles. The number of aryl methyl sites for hydroxylation is 2. The van der Waals surface area contributed by atoms with Crippen molar-refractivity contribution >= 4 is 17.0 Å². The Morgan fingerprint density at radius 3 is 2.12 bits per heavy atom. The van der Waals surface area contributed by atoms with Crippen molar-refractivity contribution in [2.24, 2.45) is 4.99 Å². The van der Waals surface area contributed by atoms with E-state index in [1.54, 1.807) is 11.3 Å². The van der Waals surface area contributed by atoms with Crippen LogP contribution in [0.15, 0.2) is 89.2 Å². The maximum atomic E-state index is 4.99. The Morgan fingerprint density at radius 1 is 0.731 bits per heavy atom. The van der Waals surface area contributed by atoms with Crippen LogP contribution >= 0.6 is 11.3 Å². The molecule has 0 unspecified atom stereocenters. The lowest BCUT2D eigenvalue weighted by Gasteiger charge is -2.12. The zero-order valence-corrected chi connectivity index (χ0v) is 15.7. The van der Waals surface area contributed by atoms with Gasteiger partial charge in [-0.3, -0.25) is 4.57 Å². The fourth-order valence-corrected chi connectivity index (χ4v) is 3.95. The van der Waals surface area contributed by atoms with Gasteiger partial charge in [-0.05, 0) is 42.7 Å². The molecular weight excluding hydrogens is 336 g/mol. The van der Waals surface area contributed by atoms with Gasteiger partial charge in [0.05, 0.1) is 17.1 Å². The van der Waals surface area contributed by atoms with Crippen molar-refractivity contribution in [1.29, 1.82) is 0 Å². The summed E-state index contributed by atoms with van der Waals surface area (Å²) < 4.78 is 2.27. The maximum absolute atomic E-state index is 4.99. The minimum atomic E-state index is 0.979. The van der Waals surface area contributed by atoms with Gasteiger partial charge in [0.15, 0.2) is 4.80 Å². The van der Waals surface area contributed by atoms with Crippen LogP contribution in [0.1, 0.15) is 11.1 Å². The fraction of sp³-hybridized carbons (Fsp3) is 0.0870. The number of hydrogen-bond donors (Lipinski definition) is 0. The third kappa shape index (κ3) is 3.14. The molecule has 3 heteroatoms. The first-order valence-corrected chi connectivity index (χ1v) is 9.54. The van der Waals surface area contributed by atoms with Crippen molar-refractivity contribution in [3.05, 3.63) is 100 Å². The lowest BCUT2D eigenvalue weighted by Crippen LogP contribution is -2.14. The smallest absolute Gasteiger partial charge is 0.195 e. The molecule has 0 radical (unpaired) electrons. The SMILES string of the molecule is Cc1ccccc1N=c1scc(-c2ccccc2)n1-c1ccccc1C. The highest BCUT2D eigenvalue weighted by Crippen LogP contribution is 2.26. The van der Waals surface area contributed by atoms with Gasteiger partial charge in [0, 0.05) is 5.38 Å². The first-order valence-electron chi connectivity index (χ1n) is 8.66. The topological polar surface area (TPSA) is 17.3 Å². The molecule has 0 amide bonds.